The Morgan fingerprint density at radius 1 is 1.32 bits per heavy atom. The van der Waals surface area contributed by atoms with Gasteiger partial charge >= 0.3 is 0 Å². The van der Waals surface area contributed by atoms with E-state index in [9.17, 15) is 5.11 Å². The Bertz CT molecular complexity index is 590. The summed E-state index contributed by atoms with van der Waals surface area (Å²) in [6, 6.07) is 14.9. The van der Waals surface area contributed by atoms with Crippen LogP contribution in [0.5, 0.6) is 0 Å². The Morgan fingerprint density at radius 3 is 2.74 bits per heavy atom. The average molecular weight is 253 g/mol. The molecule has 1 heterocycles. The Hall–Kier alpha value is -2.38. The highest BCUT2D eigenvalue weighted by atomic mass is 16.3. The van der Waals surface area contributed by atoms with Crippen LogP contribution >= 0.6 is 0 Å². The number of nitrogens with one attached hydrogen (secondary N) is 1. The van der Waals surface area contributed by atoms with E-state index >= 15 is 0 Å². The topological polar surface area (TPSA) is 68.9 Å². The van der Waals surface area contributed by atoms with Gasteiger partial charge in [-0.3, -0.25) is 0 Å². The third-order valence-electron chi connectivity index (χ3n) is 2.74. The second-order valence-electron chi connectivity index (χ2n) is 4.30. The zero-order valence-electron chi connectivity index (χ0n) is 10.7. The van der Waals surface area contributed by atoms with E-state index < -0.39 is 6.10 Å². The van der Waals surface area contributed by atoms with Crippen molar-refractivity contribution >= 4 is 5.82 Å². The lowest BCUT2D eigenvalue weighted by Gasteiger charge is -2.13. The van der Waals surface area contributed by atoms with Crippen LogP contribution < -0.4 is 5.32 Å². The highest BCUT2D eigenvalue weighted by Crippen LogP contribution is 2.14. The van der Waals surface area contributed by atoms with Crippen molar-refractivity contribution in [2.24, 2.45) is 0 Å². The third kappa shape index (κ3) is 3.54. The van der Waals surface area contributed by atoms with Gasteiger partial charge in [0.15, 0.2) is 0 Å². The highest BCUT2D eigenvalue weighted by Gasteiger charge is 2.07. The molecule has 19 heavy (non-hydrogen) atoms. The molecule has 0 amide bonds. The number of rotatable bonds is 4. The van der Waals surface area contributed by atoms with Gasteiger partial charge in [0.1, 0.15) is 5.82 Å². The maximum atomic E-state index is 10.0. The quantitative estimate of drug-likeness (QED) is 0.878. The highest BCUT2D eigenvalue weighted by molar-refractivity contribution is 5.44. The second kappa shape index (κ2) is 5.98. The molecule has 0 aliphatic rings. The molecule has 0 saturated carbocycles. The van der Waals surface area contributed by atoms with E-state index in [0.717, 1.165) is 11.3 Å². The van der Waals surface area contributed by atoms with Crippen LogP contribution in [0.4, 0.5) is 5.82 Å². The minimum absolute atomic E-state index is 0.353. The summed E-state index contributed by atoms with van der Waals surface area (Å²) in [6.07, 6.45) is -0.603. The van der Waals surface area contributed by atoms with Gasteiger partial charge in [0.2, 0.25) is 0 Å². The summed E-state index contributed by atoms with van der Waals surface area (Å²) >= 11 is 0. The normalized spacial score (nSPS) is 11.6. The van der Waals surface area contributed by atoms with Crippen LogP contribution in [0.3, 0.4) is 0 Å². The molecule has 1 aromatic carbocycles. The zero-order valence-corrected chi connectivity index (χ0v) is 10.7. The lowest BCUT2D eigenvalue weighted by atomic mass is 10.1. The number of aliphatic hydroxyl groups is 1. The summed E-state index contributed by atoms with van der Waals surface area (Å²) in [5.41, 5.74) is 2.18. The molecular formula is C15H15N3O. The maximum absolute atomic E-state index is 10.0. The van der Waals surface area contributed by atoms with E-state index in [4.69, 9.17) is 5.26 Å². The number of aryl methyl sites for hydroxylation is 1. The predicted molar refractivity (Wildman–Crippen MR) is 73.6 cm³/mol. The molecule has 0 fully saturated rings. The van der Waals surface area contributed by atoms with E-state index in [1.54, 1.807) is 12.1 Å². The number of aliphatic hydroxyl groups excluding tert-OH is 1. The van der Waals surface area contributed by atoms with E-state index in [0.29, 0.717) is 17.9 Å². The molecule has 4 nitrogen and oxygen atoms in total. The molecule has 0 radical (unpaired) electrons. The molecule has 1 atom stereocenters. The Labute approximate surface area is 112 Å². The lowest BCUT2D eigenvalue weighted by Crippen LogP contribution is -2.13. The summed E-state index contributed by atoms with van der Waals surface area (Å²) < 4.78 is 0. The molecule has 1 aromatic heterocycles. The van der Waals surface area contributed by atoms with E-state index in [1.807, 2.05) is 37.3 Å². The van der Waals surface area contributed by atoms with E-state index in [2.05, 4.69) is 16.4 Å². The first-order valence-corrected chi connectivity index (χ1v) is 6.04. The Morgan fingerprint density at radius 2 is 2.05 bits per heavy atom. The predicted octanol–water partition coefficient (Wildman–Crippen LogP) is 2.41. The van der Waals surface area contributed by atoms with Gasteiger partial charge in [-0.1, -0.05) is 30.3 Å². The smallest absolute Gasteiger partial charge is 0.127 e. The molecular weight excluding hydrogens is 238 g/mol. The van der Waals surface area contributed by atoms with Gasteiger partial charge in [-0.05, 0) is 24.6 Å². The van der Waals surface area contributed by atoms with Crippen molar-refractivity contribution < 1.29 is 5.11 Å². The first-order chi connectivity index (χ1) is 9.19. The Kier molecular flexibility index (Phi) is 4.11. The van der Waals surface area contributed by atoms with Crippen molar-refractivity contribution in [3.8, 4) is 6.07 Å². The summed E-state index contributed by atoms with van der Waals surface area (Å²) in [5.74, 6) is 0.603. The van der Waals surface area contributed by atoms with Crippen molar-refractivity contribution in [2.75, 3.05) is 11.9 Å². The minimum atomic E-state index is -0.603. The maximum Gasteiger partial charge on any atom is 0.127 e. The van der Waals surface area contributed by atoms with Crippen LogP contribution in [-0.2, 0) is 0 Å². The summed E-state index contributed by atoms with van der Waals surface area (Å²) in [7, 11) is 0. The lowest BCUT2D eigenvalue weighted by molar-refractivity contribution is 0.191. The first-order valence-electron chi connectivity index (χ1n) is 6.04. The van der Waals surface area contributed by atoms with Crippen molar-refractivity contribution in [3.05, 3.63) is 59.3 Å². The van der Waals surface area contributed by atoms with Crippen molar-refractivity contribution in [1.29, 1.82) is 5.26 Å². The fourth-order valence-electron chi connectivity index (χ4n) is 1.82. The van der Waals surface area contributed by atoms with Gasteiger partial charge < -0.3 is 10.4 Å². The van der Waals surface area contributed by atoms with E-state index in [1.165, 1.54) is 0 Å². The first kappa shape index (κ1) is 13.1. The van der Waals surface area contributed by atoms with Gasteiger partial charge in [-0.25, -0.2) is 4.98 Å². The summed E-state index contributed by atoms with van der Waals surface area (Å²) in [6.45, 7) is 2.19. The molecule has 2 rings (SSSR count). The molecule has 2 N–H and O–H groups in total. The van der Waals surface area contributed by atoms with Crippen LogP contribution in [-0.4, -0.2) is 16.6 Å². The van der Waals surface area contributed by atoms with Crippen LogP contribution in [0, 0.1) is 18.3 Å². The molecule has 4 heteroatoms. The molecule has 0 spiro atoms. The van der Waals surface area contributed by atoms with Crippen LogP contribution in [0.25, 0.3) is 0 Å². The van der Waals surface area contributed by atoms with Crippen LogP contribution in [0.2, 0.25) is 0 Å². The molecule has 0 aliphatic heterocycles. The number of pyridine rings is 1. The molecule has 96 valence electrons. The van der Waals surface area contributed by atoms with Crippen molar-refractivity contribution in [2.45, 2.75) is 13.0 Å². The van der Waals surface area contributed by atoms with Gasteiger partial charge in [0, 0.05) is 12.2 Å². The number of nitriles is 1. The number of hydrogen-bond donors (Lipinski definition) is 2. The number of hydrogen-bond acceptors (Lipinski definition) is 4. The zero-order chi connectivity index (χ0) is 13.7. The van der Waals surface area contributed by atoms with Crippen molar-refractivity contribution in [3.63, 3.8) is 0 Å². The van der Waals surface area contributed by atoms with Gasteiger partial charge in [0.05, 0.1) is 17.7 Å². The monoisotopic (exact) mass is 253 g/mol. The largest absolute Gasteiger partial charge is 0.387 e. The minimum Gasteiger partial charge on any atom is -0.387 e. The van der Waals surface area contributed by atoms with Crippen molar-refractivity contribution in [1.82, 2.24) is 4.98 Å². The molecule has 1 unspecified atom stereocenters. The third-order valence-corrected chi connectivity index (χ3v) is 2.74. The fourth-order valence-corrected chi connectivity index (χ4v) is 1.82. The van der Waals surface area contributed by atoms with E-state index in [-0.39, 0.29) is 0 Å². The average Bonchev–Trinajstić information content (AvgIpc) is 2.45. The van der Waals surface area contributed by atoms with Gasteiger partial charge in [0.25, 0.3) is 0 Å². The summed E-state index contributed by atoms with van der Waals surface area (Å²) in [4.78, 5) is 4.27. The summed E-state index contributed by atoms with van der Waals surface area (Å²) in [5, 5.41) is 22.0. The number of benzene rings is 1. The fraction of sp³-hybridized carbons (Fsp3) is 0.200. The number of aromatic nitrogens is 1. The Balaban J connectivity index is 2.03. The SMILES string of the molecule is Cc1cc(C#N)cc(NCC(O)c2ccccc2)n1. The molecule has 2 aromatic rings. The van der Waals surface area contributed by atoms with Crippen LogP contribution in [0.1, 0.15) is 22.9 Å². The van der Waals surface area contributed by atoms with Gasteiger partial charge in [-0.15, -0.1) is 0 Å². The molecule has 0 saturated heterocycles. The molecule has 0 bridgehead atoms. The molecule has 0 aliphatic carbocycles. The number of nitrogens with zero attached hydrogens (tertiary/aromatic N) is 2. The second-order valence-corrected chi connectivity index (χ2v) is 4.30. The van der Waals surface area contributed by atoms with Crippen LogP contribution in [0.15, 0.2) is 42.5 Å². The number of anilines is 1. The standard InChI is InChI=1S/C15H15N3O/c1-11-7-12(9-16)8-15(18-11)17-10-14(19)13-5-3-2-4-6-13/h2-8,14,19H,10H2,1H3,(H,17,18). The van der Waals surface area contributed by atoms with Gasteiger partial charge in [-0.2, -0.15) is 5.26 Å².